The molecular formula is C11H8F2O. The van der Waals surface area contributed by atoms with Crippen LogP contribution in [-0.4, -0.2) is 5.78 Å². The third-order valence-corrected chi connectivity index (χ3v) is 2.25. The number of hydrogen-bond acceptors (Lipinski definition) is 1. The van der Waals surface area contributed by atoms with E-state index < -0.39 is 11.6 Å². The summed E-state index contributed by atoms with van der Waals surface area (Å²) in [5.41, 5.74) is 0.794. The second kappa shape index (κ2) is 3.33. The molecule has 1 nitrogen and oxygen atoms in total. The molecule has 0 spiro atoms. The maximum atomic E-state index is 13.2. The monoisotopic (exact) mass is 194 g/mol. The van der Waals surface area contributed by atoms with Crippen molar-refractivity contribution in [2.24, 2.45) is 0 Å². The van der Waals surface area contributed by atoms with Crippen LogP contribution in [0.15, 0.2) is 24.3 Å². The average Bonchev–Trinajstić information content (AvgIpc) is 2.56. The van der Waals surface area contributed by atoms with Crippen LogP contribution >= 0.6 is 0 Å². The van der Waals surface area contributed by atoms with E-state index in [1.54, 1.807) is 0 Å². The molecule has 14 heavy (non-hydrogen) atoms. The first-order valence-corrected chi connectivity index (χ1v) is 4.35. The minimum atomic E-state index is -0.485. The van der Waals surface area contributed by atoms with Crippen molar-refractivity contribution in [1.29, 1.82) is 0 Å². The Kier molecular flexibility index (Phi) is 2.15. The average molecular weight is 194 g/mol. The molecule has 0 aromatic heterocycles. The minimum absolute atomic E-state index is 0.0244. The number of hydrogen-bond donors (Lipinski definition) is 0. The van der Waals surface area contributed by atoms with Crippen molar-refractivity contribution in [3.05, 3.63) is 41.5 Å². The summed E-state index contributed by atoms with van der Waals surface area (Å²) in [7, 11) is 0. The molecule has 0 saturated heterocycles. The molecule has 2 rings (SSSR count). The largest absolute Gasteiger partial charge is 0.295 e. The van der Waals surface area contributed by atoms with Crippen LogP contribution in [0.1, 0.15) is 18.4 Å². The van der Waals surface area contributed by atoms with E-state index in [1.165, 1.54) is 6.08 Å². The molecule has 0 N–H and O–H groups in total. The fourth-order valence-electron chi connectivity index (χ4n) is 1.55. The van der Waals surface area contributed by atoms with Crippen LogP contribution in [0, 0.1) is 11.6 Å². The van der Waals surface area contributed by atoms with Gasteiger partial charge in [0.05, 0.1) is 0 Å². The van der Waals surface area contributed by atoms with Gasteiger partial charge >= 0.3 is 0 Å². The fourth-order valence-corrected chi connectivity index (χ4v) is 1.55. The van der Waals surface area contributed by atoms with E-state index in [-0.39, 0.29) is 11.3 Å². The van der Waals surface area contributed by atoms with Crippen molar-refractivity contribution >= 4 is 11.4 Å². The van der Waals surface area contributed by atoms with Gasteiger partial charge in [-0.3, -0.25) is 4.79 Å². The van der Waals surface area contributed by atoms with E-state index in [0.29, 0.717) is 18.4 Å². The first-order valence-electron chi connectivity index (χ1n) is 4.35. The van der Waals surface area contributed by atoms with Gasteiger partial charge in [-0.05, 0) is 36.3 Å². The number of carbonyl (C=O) groups excluding carboxylic acids is 1. The zero-order chi connectivity index (χ0) is 10.1. The summed E-state index contributed by atoms with van der Waals surface area (Å²) in [5, 5.41) is 0. The lowest BCUT2D eigenvalue weighted by atomic mass is 10.1. The van der Waals surface area contributed by atoms with Crippen LogP contribution in [0.25, 0.3) is 5.57 Å². The molecule has 3 heteroatoms. The van der Waals surface area contributed by atoms with Crippen molar-refractivity contribution in [3.8, 4) is 0 Å². The van der Waals surface area contributed by atoms with E-state index in [9.17, 15) is 13.6 Å². The van der Waals surface area contributed by atoms with E-state index >= 15 is 0 Å². The molecule has 1 aliphatic carbocycles. The number of ketones is 1. The molecule has 0 radical (unpaired) electrons. The zero-order valence-corrected chi connectivity index (χ0v) is 7.39. The SMILES string of the molecule is O=C1C=C(c2cc(F)ccc2F)CC1. The number of allylic oxidation sites excluding steroid dienone is 2. The highest BCUT2D eigenvalue weighted by Gasteiger charge is 2.16. The molecule has 0 saturated carbocycles. The molecule has 1 aromatic rings. The van der Waals surface area contributed by atoms with Gasteiger partial charge in [-0.25, -0.2) is 8.78 Å². The lowest BCUT2D eigenvalue weighted by Gasteiger charge is -2.02. The summed E-state index contributed by atoms with van der Waals surface area (Å²) in [6, 6.07) is 3.27. The Morgan fingerprint density at radius 2 is 1.93 bits per heavy atom. The van der Waals surface area contributed by atoms with Gasteiger partial charge in [0.15, 0.2) is 5.78 Å². The highest BCUT2D eigenvalue weighted by Crippen LogP contribution is 2.28. The predicted molar refractivity (Wildman–Crippen MR) is 48.6 cm³/mol. The first kappa shape index (κ1) is 9.06. The molecule has 0 unspecified atom stereocenters. The molecule has 1 aliphatic rings. The van der Waals surface area contributed by atoms with Crippen LogP contribution in [-0.2, 0) is 4.79 Å². The summed E-state index contributed by atoms with van der Waals surface area (Å²) in [5.74, 6) is -0.988. The highest BCUT2D eigenvalue weighted by molar-refractivity contribution is 6.01. The van der Waals surface area contributed by atoms with Gasteiger partial charge in [0.25, 0.3) is 0 Å². The van der Waals surface area contributed by atoms with Crippen molar-refractivity contribution < 1.29 is 13.6 Å². The molecule has 72 valence electrons. The maximum absolute atomic E-state index is 13.2. The third kappa shape index (κ3) is 1.58. The quantitative estimate of drug-likeness (QED) is 0.671. The number of rotatable bonds is 1. The molecule has 0 atom stereocenters. The normalized spacial score (nSPS) is 15.9. The fraction of sp³-hybridized carbons (Fsp3) is 0.182. The molecule has 0 amide bonds. The van der Waals surface area contributed by atoms with Gasteiger partial charge in [-0.2, -0.15) is 0 Å². The van der Waals surface area contributed by atoms with Gasteiger partial charge < -0.3 is 0 Å². The van der Waals surface area contributed by atoms with Gasteiger partial charge in [-0.1, -0.05) is 0 Å². The molecule has 1 aromatic carbocycles. The number of carbonyl (C=O) groups is 1. The molecular weight excluding hydrogens is 186 g/mol. The second-order valence-corrected chi connectivity index (χ2v) is 3.26. The Morgan fingerprint density at radius 1 is 1.14 bits per heavy atom. The van der Waals surface area contributed by atoms with E-state index in [2.05, 4.69) is 0 Å². The molecule has 0 fully saturated rings. The summed E-state index contributed by atoms with van der Waals surface area (Å²) in [6.45, 7) is 0. The molecule has 0 aliphatic heterocycles. The number of halogens is 2. The van der Waals surface area contributed by atoms with Gasteiger partial charge in [-0.15, -0.1) is 0 Å². The van der Waals surface area contributed by atoms with Crippen LogP contribution in [0.3, 0.4) is 0 Å². The van der Waals surface area contributed by atoms with Crippen molar-refractivity contribution in [2.75, 3.05) is 0 Å². The van der Waals surface area contributed by atoms with E-state index in [0.717, 1.165) is 18.2 Å². The van der Waals surface area contributed by atoms with E-state index in [1.807, 2.05) is 0 Å². The molecule has 0 bridgehead atoms. The summed E-state index contributed by atoms with van der Waals surface area (Å²) >= 11 is 0. The topological polar surface area (TPSA) is 17.1 Å². The maximum Gasteiger partial charge on any atom is 0.156 e. The smallest absolute Gasteiger partial charge is 0.156 e. The minimum Gasteiger partial charge on any atom is -0.295 e. The summed E-state index contributed by atoms with van der Waals surface area (Å²) in [4.78, 5) is 10.9. The van der Waals surface area contributed by atoms with Crippen LogP contribution in [0.5, 0.6) is 0 Å². The van der Waals surface area contributed by atoms with Crippen LogP contribution < -0.4 is 0 Å². The first-order chi connectivity index (χ1) is 6.66. The number of benzene rings is 1. The lowest BCUT2D eigenvalue weighted by Crippen LogP contribution is -1.89. The van der Waals surface area contributed by atoms with Gasteiger partial charge in [0, 0.05) is 12.0 Å². The van der Waals surface area contributed by atoms with Crippen molar-refractivity contribution in [3.63, 3.8) is 0 Å². The lowest BCUT2D eigenvalue weighted by molar-refractivity contribution is -0.114. The Hall–Kier alpha value is -1.51. The van der Waals surface area contributed by atoms with Crippen molar-refractivity contribution in [2.45, 2.75) is 12.8 Å². The third-order valence-electron chi connectivity index (χ3n) is 2.25. The Bertz CT molecular complexity index is 421. The van der Waals surface area contributed by atoms with Gasteiger partial charge in [0.2, 0.25) is 0 Å². The van der Waals surface area contributed by atoms with Gasteiger partial charge in [0.1, 0.15) is 11.6 Å². The predicted octanol–water partition coefficient (Wildman–Crippen LogP) is 2.71. The van der Waals surface area contributed by atoms with Crippen LogP contribution in [0.2, 0.25) is 0 Å². The van der Waals surface area contributed by atoms with E-state index in [4.69, 9.17) is 0 Å². The highest BCUT2D eigenvalue weighted by atomic mass is 19.1. The van der Waals surface area contributed by atoms with Crippen LogP contribution in [0.4, 0.5) is 8.78 Å². The second-order valence-electron chi connectivity index (χ2n) is 3.26. The molecule has 0 heterocycles. The Balaban J connectivity index is 2.46. The Morgan fingerprint density at radius 3 is 2.57 bits per heavy atom. The standard InChI is InChI=1S/C11H8F2O/c12-8-2-4-11(13)10(6-8)7-1-3-9(14)5-7/h2,4-6H,1,3H2. The summed E-state index contributed by atoms with van der Waals surface area (Å²) < 4.78 is 26.0. The Labute approximate surface area is 80.1 Å². The summed E-state index contributed by atoms with van der Waals surface area (Å²) in [6.07, 6.45) is 2.28. The zero-order valence-electron chi connectivity index (χ0n) is 7.39. The van der Waals surface area contributed by atoms with Crippen molar-refractivity contribution in [1.82, 2.24) is 0 Å².